The van der Waals surface area contributed by atoms with Gasteiger partial charge in [0.1, 0.15) is 6.67 Å². The van der Waals surface area contributed by atoms with E-state index in [1.54, 1.807) is 0 Å². The van der Waals surface area contributed by atoms with E-state index in [1.807, 2.05) is 0 Å². The zero-order valence-corrected chi connectivity index (χ0v) is 25.6. The lowest BCUT2D eigenvalue weighted by molar-refractivity contribution is -0.0283. The fourth-order valence-electron chi connectivity index (χ4n) is 2.63. The molecular weight excluding hydrogens is 603 g/mol. The van der Waals surface area contributed by atoms with Crippen LogP contribution in [-0.4, -0.2) is 171 Å². The highest BCUT2D eigenvalue weighted by molar-refractivity contribution is 9.09. The standard InChI is InChI=1S/C26H52BrFO12/c27-1-3-29-5-7-31-9-11-33-13-15-35-17-19-37-21-23-39-25-26-40-24-22-38-20-18-36-16-14-34-12-10-32-8-6-30-4-2-28/h1-26H2. The fraction of sp³-hybridized carbons (Fsp3) is 1.00. The third-order valence-electron chi connectivity index (χ3n) is 4.54. The smallest absolute Gasteiger partial charge is 0.113 e. The first-order valence-electron chi connectivity index (χ1n) is 14.0. The number of rotatable bonds is 37. The van der Waals surface area contributed by atoms with Crippen LogP contribution in [-0.2, 0) is 56.8 Å². The second-order valence-corrected chi connectivity index (χ2v) is 8.52. The maximum Gasteiger partial charge on any atom is 0.113 e. The van der Waals surface area contributed by atoms with Crippen molar-refractivity contribution < 1.29 is 61.2 Å². The van der Waals surface area contributed by atoms with Gasteiger partial charge in [0.2, 0.25) is 0 Å². The molecule has 14 heteroatoms. The van der Waals surface area contributed by atoms with Gasteiger partial charge in [0.25, 0.3) is 0 Å². The molecule has 0 bridgehead atoms. The molecule has 0 rings (SSSR count). The molecule has 0 aromatic carbocycles. The molecule has 0 spiro atoms. The van der Waals surface area contributed by atoms with E-state index in [1.165, 1.54) is 0 Å². The number of ether oxygens (including phenoxy) is 12. The summed E-state index contributed by atoms with van der Waals surface area (Å²) < 4.78 is 76.1. The highest BCUT2D eigenvalue weighted by Crippen LogP contribution is 1.87. The van der Waals surface area contributed by atoms with Crippen LogP contribution in [0.1, 0.15) is 0 Å². The predicted octanol–water partition coefficient (Wildman–Crippen LogP) is 1.55. The molecule has 0 unspecified atom stereocenters. The van der Waals surface area contributed by atoms with E-state index in [9.17, 15) is 4.39 Å². The molecule has 0 aliphatic heterocycles. The van der Waals surface area contributed by atoms with E-state index in [0.29, 0.717) is 152 Å². The molecule has 242 valence electrons. The summed E-state index contributed by atoms with van der Waals surface area (Å²) in [5, 5.41) is 0.835. The average Bonchev–Trinajstić information content (AvgIpc) is 2.97. The number of hydrogen-bond acceptors (Lipinski definition) is 12. The number of halogens is 2. The van der Waals surface area contributed by atoms with E-state index in [4.69, 9.17) is 56.8 Å². The van der Waals surface area contributed by atoms with E-state index >= 15 is 0 Å². The third-order valence-corrected chi connectivity index (χ3v) is 4.86. The summed E-state index contributed by atoms with van der Waals surface area (Å²) >= 11 is 3.30. The molecule has 0 saturated heterocycles. The zero-order chi connectivity index (χ0) is 28.9. The van der Waals surface area contributed by atoms with Crippen LogP contribution in [0.15, 0.2) is 0 Å². The number of alkyl halides is 2. The Bertz CT molecular complexity index is 408. The van der Waals surface area contributed by atoms with Gasteiger partial charge in [0, 0.05) is 5.33 Å². The molecule has 0 fully saturated rings. The molecule has 0 aromatic heterocycles. The highest BCUT2D eigenvalue weighted by atomic mass is 79.9. The Kier molecular flexibility index (Phi) is 38.9. The minimum Gasteiger partial charge on any atom is -0.378 e. The van der Waals surface area contributed by atoms with Crippen molar-refractivity contribution in [1.82, 2.24) is 0 Å². The molecule has 0 aliphatic carbocycles. The Hall–Kier alpha value is -0.0700. The monoisotopic (exact) mass is 654 g/mol. The summed E-state index contributed by atoms with van der Waals surface area (Å²) in [6.07, 6.45) is 0. The second-order valence-electron chi connectivity index (χ2n) is 7.73. The first-order valence-corrected chi connectivity index (χ1v) is 15.1. The topological polar surface area (TPSA) is 111 Å². The van der Waals surface area contributed by atoms with Gasteiger partial charge in [0.05, 0.1) is 159 Å². The van der Waals surface area contributed by atoms with Crippen molar-refractivity contribution in [1.29, 1.82) is 0 Å². The normalized spacial score (nSPS) is 11.6. The van der Waals surface area contributed by atoms with Gasteiger partial charge in [-0.3, -0.25) is 0 Å². The SMILES string of the molecule is FCCOCCOCCOCCOCCOCCOCCOCCOCCOCCOCCOCCOCCBr. The van der Waals surface area contributed by atoms with Crippen LogP contribution in [0.5, 0.6) is 0 Å². The van der Waals surface area contributed by atoms with Crippen molar-refractivity contribution in [2.75, 3.05) is 171 Å². The maximum atomic E-state index is 11.8. The van der Waals surface area contributed by atoms with Gasteiger partial charge in [-0.25, -0.2) is 4.39 Å². The Morgan fingerprint density at radius 2 is 0.400 bits per heavy atom. The molecule has 0 atom stereocenters. The van der Waals surface area contributed by atoms with Crippen LogP contribution in [0.25, 0.3) is 0 Å². The first-order chi connectivity index (χ1) is 19.9. The largest absolute Gasteiger partial charge is 0.378 e. The van der Waals surface area contributed by atoms with Crippen LogP contribution < -0.4 is 0 Å². The quantitative estimate of drug-likeness (QED) is 0.0716. The molecular formula is C26H52BrFO12. The van der Waals surface area contributed by atoms with E-state index in [-0.39, 0.29) is 6.61 Å². The molecule has 0 saturated carbocycles. The maximum absolute atomic E-state index is 11.8. The summed E-state index contributed by atoms with van der Waals surface area (Å²) in [5.41, 5.74) is 0. The van der Waals surface area contributed by atoms with Gasteiger partial charge in [-0.2, -0.15) is 0 Å². The van der Waals surface area contributed by atoms with Crippen molar-refractivity contribution in [3.8, 4) is 0 Å². The van der Waals surface area contributed by atoms with Crippen molar-refractivity contribution in [3.05, 3.63) is 0 Å². The highest BCUT2D eigenvalue weighted by Gasteiger charge is 1.96. The number of hydrogen-bond donors (Lipinski definition) is 0. The van der Waals surface area contributed by atoms with E-state index < -0.39 is 6.67 Å². The van der Waals surface area contributed by atoms with Crippen molar-refractivity contribution in [2.45, 2.75) is 0 Å². The Balaban J connectivity index is 3.01. The van der Waals surface area contributed by atoms with Crippen LogP contribution in [0, 0.1) is 0 Å². The average molecular weight is 656 g/mol. The van der Waals surface area contributed by atoms with Crippen molar-refractivity contribution in [3.63, 3.8) is 0 Å². The first kappa shape index (κ1) is 39.9. The fourth-order valence-corrected chi connectivity index (χ4v) is 2.86. The van der Waals surface area contributed by atoms with Gasteiger partial charge < -0.3 is 56.8 Å². The lowest BCUT2D eigenvalue weighted by Gasteiger charge is -2.09. The van der Waals surface area contributed by atoms with Crippen LogP contribution >= 0.6 is 15.9 Å². The summed E-state index contributed by atoms with van der Waals surface area (Å²) in [7, 11) is 0. The van der Waals surface area contributed by atoms with E-state index in [2.05, 4.69) is 15.9 Å². The van der Waals surface area contributed by atoms with Gasteiger partial charge >= 0.3 is 0 Å². The van der Waals surface area contributed by atoms with Crippen molar-refractivity contribution >= 4 is 15.9 Å². The third kappa shape index (κ3) is 37.9. The Morgan fingerprint density at radius 3 is 0.550 bits per heavy atom. The van der Waals surface area contributed by atoms with Gasteiger partial charge in [-0.1, -0.05) is 15.9 Å². The zero-order valence-electron chi connectivity index (χ0n) is 24.0. The molecule has 40 heavy (non-hydrogen) atoms. The molecule has 0 aliphatic rings. The second kappa shape index (κ2) is 38.9. The van der Waals surface area contributed by atoms with Crippen molar-refractivity contribution in [2.24, 2.45) is 0 Å². The molecule has 0 aromatic rings. The molecule has 0 N–H and O–H groups in total. The molecule has 12 nitrogen and oxygen atoms in total. The lowest BCUT2D eigenvalue weighted by atomic mass is 10.6. The summed E-state index contributed by atoms with van der Waals surface area (Å²) in [6.45, 7) is 11.5. The van der Waals surface area contributed by atoms with Gasteiger partial charge in [0.15, 0.2) is 0 Å². The summed E-state index contributed by atoms with van der Waals surface area (Å²) in [4.78, 5) is 0. The van der Waals surface area contributed by atoms with Gasteiger partial charge in [-0.05, 0) is 0 Å². The minimum absolute atomic E-state index is 0.114. The predicted molar refractivity (Wildman–Crippen MR) is 150 cm³/mol. The molecule has 0 radical (unpaired) electrons. The Labute approximate surface area is 247 Å². The van der Waals surface area contributed by atoms with Gasteiger partial charge in [-0.15, -0.1) is 0 Å². The van der Waals surface area contributed by atoms with E-state index in [0.717, 1.165) is 5.33 Å². The molecule has 0 amide bonds. The van der Waals surface area contributed by atoms with Crippen LogP contribution in [0.2, 0.25) is 0 Å². The molecule has 0 heterocycles. The summed E-state index contributed by atoms with van der Waals surface area (Å²) in [6, 6.07) is 0. The summed E-state index contributed by atoms with van der Waals surface area (Å²) in [5.74, 6) is 0. The Morgan fingerprint density at radius 1 is 0.250 bits per heavy atom. The van der Waals surface area contributed by atoms with Crippen LogP contribution in [0.3, 0.4) is 0 Å². The lowest BCUT2D eigenvalue weighted by Crippen LogP contribution is -2.15. The van der Waals surface area contributed by atoms with Crippen LogP contribution in [0.4, 0.5) is 4.39 Å². The minimum atomic E-state index is -0.474.